The fourth-order valence-corrected chi connectivity index (χ4v) is 4.61. The Morgan fingerprint density at radius 2 is 1.84 bits per heavy atom. The number of furan rings is 1. The Labute approximate surface area is 188 Å². The molecule has 3 aromatic heterocycles. The van der Waals surface area contributed by atoms with Crippen molar-refractivity contribution in [2.75, 3.05) is 0 Å². The Morgan fingerprint density at radius 1 is 1.00 bits per heavy atom. The maximum Gasteiger partial charge on any atom is 0.336 e. The molecule has 0 unspecified atom stereocenters. The lowest BCUT2D eigenvalue weighted by molar-refractivity contribution is 0.557. The van der Waals surface area contributed by atoms with Gasteiger partial charge in [-0.1, -0.05) is 54.2 Å². The highest BCUT2D eigenvalue weighted by Crippen LogP contribution is 2.30. The first-order valence-corrected chi connectivity index (χ1v) is 11.3. The van der Waals surface area contributed by atoms with Gasteiger partial charge in [0.15, 0.2) is 10.9 Å². The summed E-state index contributed by atoms with van der Waals surface area (Å²) in [7, 11) is 0. The highest BCUT2D eigenvalue weighted by molar-refractivity contribution is 7.98. The molecule has 2 aromatic carbocycles. The van der Waals surface area contributed by atoms with E-state index in [1.54, 1.807) is 12.3 Å². The second-order valence-electron chi connectivity index (χ2n) is 7.62. The van der Waals surface area contributed by atoms with Crippen molar-refractivity contribution < 1.29 is 8.83 Å². The van der Waals surface area contributed by atoms with E-state index in [4.69, 9.17) is 8.83 Å². The summed E-state index contributed by atoms with van der Waals surface area (Å²) in [5.41, 5.74) is 4.44. The number of thioether (sulfide) groups is 1. The van der Waals surface area contributed by atoms with Crippen molar-refractivity contribution >= 4 is 22.7 Å². The van der Waals surface area contributed by atoms with Gasteiger partial charge in [0.2, 0.25) is 5.82 Å². The normalized spacial score (nSPS) is 11.3. The Morgan fingerprint density at radius 3 is 2.62 bits per heavy atom. The zero-order valence-corrected chi connectivity index (χ0v) is 18.6. The van der Waals surface area contributed by atoms with Crippen LogP contribution in [0.4, 0.5) is 0 Å². The van der Waals surface area contributed by atoms with Gasteiger partial charge in [0.25, 0.3) is 0 Å². The van der Waals surface area contributed by atoms with Crippen molar-refractivity contribution in [3.8, 4) is 11.6 Å². The molecule has 5 aromatic rings. The van der Waals surface area contributed by atoms with Crippen LogP contribution < -0.4 is 5.63 Å². The van der Waals surface area contributed by atoms with Gasteiger partial charge in [-0.3, -0.25) is 4.57 Å². The molecular formula is C25H21N3O3S. The topological polar surface area (TPSA) is 74.1 Å². The Hall–Kier alpha value is -3.58. The van der Waals surface area contributed by atoms with Crippen LogP contribution >= 0.6 is 11.8 Å². The lowest BCUT2D eigenvalue weighted by atomic mass is 10.0. The third kappa shape index (κ3) is 3.87. The molecule has 0 spiro atoms. The van der Waals surface area contributed by atoms with Crippen LogP contribution in [0.5, 0.6) is 0 Å². The van der Waals surface area contributed by atoms with Crippen molar-refractivity contribution in [3.63, 3.8) is 0 Å². The van der Waals surface area contributed by atoms with E-state index in [0.717, 1.165) is 32.8 Å². The minimum Gasteiger partial charge on any atom is -0.461 e. The predicted octanol–water partition coefficient (Wildman–Crippen LogP) is 5.60. The van der Waals surface area contributed by atoms with E-state index >= 15 is 0 Å². The third-order valence-electron chi connectivity index (χ3n) is 5.52. The molecule has 0 aliphatic carbocycles. The number of fused-ring (bicyclic) bond motifs is 1. The van der Waals surface area contributed by atoms with Crippen molar-refractivity contribution in [2.24, 2.45) is 0 Å². The summed E-state index contributed by atoms with van der Waals surface area (Å²) in [4.78, 5) is 12.2. The van der Waals surface area contributed by atoms with Gasteiger partial charge in [0.05, 0.1) is 12.8 Å². The van der Waals surface area contributed by atoms with Crippen molar-refractivity contribution in [2.45, 2.75) is 31.3 Å². The maximum absolute atomic E-state index is 12.2. The molecule has 5 rings (SSSR count). The predicted molar refractivity (Wildman–Crippen MR) is 125 cm³/mol. The van der Waals surface area contributed by atoms with Gasteiger partial charge in [-0.25, -0.2) is 4.79 Å². The van der Waals surface area contributed by atoms with E-state index in [1.165, 1.54) is 11.8 Å². The first-order valence-electron chi connectivity index (χ1n) is 10.3. The summed E-state index contributed by atoms with van der Waals surface area (Å²) in [5, 5.41) is 10.5. The first kappa shape index (κ1) is 20.3. The standard InChI is InChI=1S/C25H21N3O3S/c1-16-10-11-20-19(13-22(29)31-23(20)17(16)2)15-32-25-27-26-24(21-9-6-12-30-21)28(25)14-18-7-4-3-5-8-18/h3-13H,14-15H2,1-2H3. The molecule has 0 atom stereocenters. The molecule has 0 saturated carbocycles. The molecule has 0 aliphatic rings. The van der Waals surface area contributed by atoms with E-state index in [2.05, 4.69) is 28.4 Å². The fourth-order valence-electron chi connectivity index (χ4n) is 3.68. The zero-order chi connectivity index (χ0) is 22.1. The van der Waals surface area contributed by atoms with Gasteiger partial charge >= 0.3 is 5.63 Å². The summed E-state index contributed by atoms with van der Waals surface area (Å²) in [6, 6.07) is 19.5. The minimum atomic E-state index is -0.344. The Kier molecular flexibility index (Phi) is 5.41. The summed E-state index contributed by atoms with van der Waals surface area (Å²) in [6.07, 6.45) is 1.63. The van der Waals surface area contributed by atoms with E-state index in [0.29, 0.717) is 29.5 Å². The smallest absolute Gasteiger partial charge is 0.336 e. The van der Waals surface area contributed by atoms with Gasteiger partial charge in [-0.05, 0) is 48.2 Å². The van der Waals surface area contributed by atoms with E-state index in [1.807, 2.05) is 54.8 Å². The molecule has 32 heavy (non-hydrogen) atoms. The quantitative estimate of drug-likeness (QED) is 0.251. The SMILES string of the molecule is Cc1ccc2c(CSc3nnc(-c4ccco4)n3Cc3ccccc3)cc(=O)oc2c1C. The molecule has 0 saturated heterocycles. The number of benzene rings is 2. The van der Waals surface area contributed by atoms with Crippen LogP contribution in [0.25, 0.3) is 22.6 Å². The van der Waals surface area contributed by atoms with E-state index in [9.17, 15) is 4.79 Å². The second-order valence-corrected chi connectivity index (χ2v) is 8.56. The van der Waals surface area contributed by atoms with Crippen LogP contribution in [0.15, 0.2) is 85.7 Å². The average molecular weight is 444 g/mol. The molecular weight excluding hydrogens is 422 g/mol. The summed E-state index contributed by atoms with van der Waals surface area (Å²) >= 11 is 1.54. The Bertz CT molecular complexity index is 1440. The monoisotopic (exact) mass is 443 g/mol. The van der Waals surface area contributed by atoms with Crippen LogP contribution in [0.3, 0.4) is 0 Å². The second kappa shape index (κ2) is 8.51. The number of hydrogen-bond acceptors (Lipinski definition) is 6. The molecule has 0 aliphatic heterocycles. The fraction of sp³-hybridized carbons (Fsp3) is 0.160. The van der Waals surface area contributed by atoms with E-state index in [-0.39, 0.29) is 5.63 Å². The molecule has 0 bridgehead atoms. The molecule has 6 nitrogen and oxygen atoms in total. The summed E-state index contributed by atoms with van der Waals surface area (Å²) < 4.78 is 13.1. The van der Waals surface area contributed by atoms with Crippen LogP contribution in [0.1, 0.15) is 22.3 Å². The van der Waals surface area contributed by atoms with E-state index < -0.39 is 0 Å². The molecule has 0 fully saturated rings. The highest BCUT2D eigenvalue weighted by atomic mass is 32.2. The molecule has 0 amide bonds. The van der Waals surface area contributed by atoms with Gasteiger partial charge in [-0.2, -0.15) is 0 Å². The van der Waals surface area contributed by atoms with Crippen LogP contribution in [-0.2, 0) is 12.3 Å². The maximum atomic E-state index is 12.2. The van der Waals surface area contributed by atoms with Crippen LogP contribution in [0, 0.1) is 13.8 Å². The summed E-state index contributed by atoms with van der Waals surface area (Å²) in [6.45, 7) is 4.60. The molecule has 160 valence electrons. The average Bonchev–Trinajstić information content (AvgIpc) is 3.46. The summed E-state index contributed by atoms with van der Waals surface area (Å²) in [5.74, 6) is 1.90. The largest absolute Gasteiger partial charge is 0.461 e. The van der Waals surface area contributed by atoms with Crippen molar-refractivity contribution in [1.82, 2.24) is 14.8 Å². The molecule has 7 heteroatoms. The lowest BCUT2D eigenvalue weighted by Gasteiger charge is -2.11. The molecule has 0 N–H and O–H groups in total. The van der Waals surface area contributed by atoms with Gasteiger partial charge in [0, 0.05) is 17.2 Å². The van der Waals surface area contributed by atoms with Crippen molar-refractivity contribution in [1.29, 1.82) is 0 Å². The number of aryl methyl sites for hydroxylation is 2. The lowest BCUT2D eigenvalue weighted by Crippen LogP contribution is -2.05. The van der Waals surface area contributed by atoms with Gasteiger partial charge in [0.1, 0.15) is 5.58 Å². The minimum absolute atomic E-state index is 0.344. The van der Waals surface area contributed by atoms with Gasteiger partial charge in [-0.15, -0.1) is 10.2 Å². The van der Waals surface area contributed by atoms with Crippen molar-refractivity contribution in [3.05, 3.63) is 99.6 Å². The number of hydrogen-bond donors (Lipinski definition) is 0. The first-order chi connectivity index (χ1) is 15.6. The number of nitrogens with zero attached hydrogens (tertiary/aromatic N) is 3. The van der Waals surface area contributed by atoms with Crippen LogP contribution in [0.2, 0.25) is 0 Å². The molecule has 0 radical (unpaired) electrons. The Balaban J connectivity index is 1.51. The zero-order valence-electron chi connectivity index (χ0n) is 17.7. The van der Waals surface area contributed by atoms with Crippen LogP contribution in [-0.4, -0.2) is 14.8 Å². The number of rotatable bonds is 6. The highest BCUT2D eigenvalue weighted by Gasteiger charge is 2.18. The number of aromatic nitrogens is 3. The third-order valence-corrected chi connectivity index (χ3v) is 6.53. The van der Waals surface area contributed by atoms with Gasteiger partial charge < -0.3 is 8.83 Å². The molecule has 3 heterocycles.